The summed E-state index contributed by atoms with van der Waals surface area (Å²) in [4.78, 5) is 15.7. The van der Waals surface area contributed by atoms with Gasteiger partial charge in [-0.05, 0) is 42.8 Å². The molecule has 92 valence electrons. The van der Waals surface area contributed by atoms with E-state index in [-0.39, 0.29) is 22.6 Å². The van der Waals surface area contributed by atoms with Gasteiger partial charge in [-0.15, -0.1) is 0 Å². The molecule has 0 bridgehead atoms. The van der Waals surface area contributed by atoms with Crippen LogP contribution in [0.1, 0.15) is 16.1 Å². The lowest BCUT2D eigenvalue weighted by Gasteiger charge is -2.06. The van der Waals surface area contributed by atoms with Crippen molar-refractivity contribution in [1.29, 1.82) is 0 Å². The summed E-state index contributed by atoms with van der Waals surface area (Å²) in [5.41, 5.74) is 1.19. The van der Waals surface area contributed by atoms with Gasteiger partial charge in [-0.1, -0.05) is 17.7 Å². The van der Waals surface area contributed by atoms with E-state index in [1.807, 2.05) is 0 Å². The van der Waals surface area contributed by atoms with Gasteiger partial charge < -0.3 is 5.32 Å². The average Bonchev–Trinajstić information content (AvgIpc) is 2.34. The molecule has 0 aliphatic rings. The maximum Gasteiger partial charge on any atom is 0.274 e. The Labute approximate surface area is 109 Å². The monoisotopic (exact) mass is 264 g/mol. The Kier molecular flexibility index (Phi) is 3.58. The van der Waals surface area contributed by atoms with Gasteiger partial charge >= 0.3 is 0 Å². The molecule has 5 heteroatoms. The highest BCUT2D eigenvalue weighted by atomic mass is 35.5. The zero-order valence-electron chi connectivity index (χ0n) is 9.58. The molecule has 0 unspecified atom stereocenters. The van der Waals surface area contributed by atoms with Gasteiger partial charge in [-0.2, -0.15) is 0 Å². The smallest absolute Gasteiger partial charge is 0.274 e. The van der Waals surface area contributed by atoms with Crippen LogP contribution in [0.25, 0.3) is 0 Å². The zero-order chi connectivity index (χ0) is 13.1. The van der Waals surface area contributed by atoms with Crippen molar-refractivity contribution in [1.82, 2.24) is 4.98 Å². The van der Waals surface area contributed by atoms with E-state index in [0.29, 0.717) is 11.3 Å². The van der Waals surface area contributed by atoms with Crippen LogP contribution in [0.2, 0.25) is 5.15 Å². The second-order valence-electron chi connectivity index (χ2n) is 3.76. The van der Waals surface area contributed by atoms with Gasteiger partial charge in [-0.25, -0.2) is 9.37 Å². The molecule has 3 nitrogen and oxygen atoms in total. The van der Waals surface area contributed by atoms with Crippen molar-refractivity contribution >= 4 is 23.2 Å². The molecule has 0 atom stereocenters. The third-order valence-electron chi connectivity index (χ3n) is 2.36. The molecule has 0 radical (unpaired) electrons. The van der Waals surface area contributed by atoms with Gasteiger partial charge in [0.1, 0.15) is 16.7 Å². The molecule has 0 aliphatic heterocycles. The van der Waals surface area contributed by atoms with E-state index in [2.05, 4.69) is 10.3 Å². The maximum atomic E-state index is 13.1. The molecule has 1 amide bonds. The van der Waals surface area contributed by atoms with Crippen molar-refractivity contribution in [3.05, 3.63) is 58.6 Å². The average molecular weight is 265 g/mol. The summed E-state index contributed by atoms with van der Waals surface area (Å²) in [7, 11) is 0. The van der Waals surface area contributed by atoms with Gasteiger partial charge in [0, 0.05) is 5.69 Å². The Morgan fingerprint density at radius 1 is 1.33 bits per heavy atom. The molecular formula is C13H10ClFN2O. The SMILES string of the molecule is Cc1cc(NC(=O)c2cccc(Cl)n2)ccc1F. The summed E-state index contributed by atoms with van der Waals surface area (Å²) in [5, 5.41) is 2.87. The Bertz CT molecular complexity index is 601. The van der Waals surface area contributed by atoms with E-state index >= 15 is 0 Å². The van der Waals surface area contributed by atoms with E-state index in [9.17, 15) is 9.18 Å². The number of carbonyl (C=O) groups is 1. The molecule has 0 saturated carbocycles. The quantitative estimate of drug-likeness (QED) is 0.845. The summed E-state index contributed by atoms with van der Waals surface area (Å²) in [6.45, 7) is 1.63. The number of hydrogen-bond acceptors (Lipinski definition) is 2. The van der Waals surface area contributed by atoms with Crippen molar-refractivity contribution in [2.45, 2.75) is 6.92 Å². The van der Waals surface area contributed by atoms with Gasteiger partial charge in [-0.3, -0.25) is 4.79 Å². The molecule has 2 aromatic rings. The number of aryl methyl sites for hydroxylation is 1. The lowest BCUT2D eigenvalue weighted by molar-refractivity contribution is 0.102. The Hall–Kier alpha value is -1.94. The van der Waals surface area contributed by atoms with Crippen molar-refractivity contribution in [2.75, 3.05) is 5.32 Å². The number of nitrogens with zero attached hydrogens (tertiary/aromatic N) is 1. The summed E-state index contributed by atoms with van der Waals surface area (Å²) >= 11 is 5.70. The fourth-order valence-electron chi connectivity index (χ4n) is 1.45. The van der Waals surface area contributed by atoms with Crippen LogP contribution in [0.3, 0.4) is 0 Å². The van der Waals surface area contributed by atoms with Crippen LogP contribution in [0, 0.1) is 12.7 Å². The van der Waals surface area contributed by atoms with Crippen LogP contribution in [-0.4, -0.2) is 10.9 Å². The van der Waals surface area contributed by atoms with E-state index in [1.54, 1.807) is 31.2 Å². The van der Waals surface area contributed by atoms with Crippen LogP contribution in [0.4, 0.5) is 10.1 Å². The number of rotatable bonds is 2. The molecule has 0 aliphatic carbocycles. The molecule has 0 saturated heterocycles. The fraction of sp³-hybridized carbons (Fsp3) is 0.0769. The minimum Gasteiger partial charge on any atom is -0.321 e. The van der Waals surface area contributed by atoms with E-state index in [1.165, 1.54) is 12.1 Å². The van der Waals surface area contributed by atoms with Gasteiger partial charge in [0.25, 0.3) is 5.91 Å². The lowest BCUT2D eigenvalue weighted by Crippen LogP contribution is -2.13. The van der Waals surface area contributed by atoms with Crippen molar-refractivity contribution in [3.8, 4) is 0 Å². The third kappa shape index (κ3) is 2.84. The first-order chi connectivity index (χ1) is 8.56. The Balaban J connectivity index is 2.18. The third-order valence-corrected chi connectivity index (χ3v) is 2.57. The van der Waals surface area contributed by atoms with Gasteiger partial charge in [0.2, 0.25) is 0 Å². The first-order valence-corrected chi connectivity index (χ1v) is 5.64. The molecule has 2 rings (SSSR count). The molecular weight excluding hydrogens is 255 g/mol. The topological polar surface area (TPSA) is 42.0 Å². The number of anilines is 1. The first-order valence-electron chi connectivity index (χ1n) is 5.26. The molecule has 1 N–H and O–H groups in total. The number of aromatic nitrogens is 1. The van der Waals surface area contributed by atoms with Crippen molar-refractivity contribution < 1.29 is 9.18 Å². The predicted octanol–water partition coefficient (Wildman–Crippen LogP) is 3.43. The summed E-state index contributed by atoms with van der Waals surface area (Å²) < 4.78 is 13.1. The van der Waals surface area contributed by atoms with Crippen LogP contribution in [0.15, 0.2) is 36.4 Å². The number of carbonyl (C=O) groups excluding carboxylic acids is 1. The summed E-state index contributed by atoms with van der Waals surface area (Å²) in [6.07, 6.45) is 0. The number of amides is 1. The Morgan fingerprint density at radius 3 is 2.78 bits per heavy atom. The number of hydrogen-bond donors (Lipinski definition) is 1. The van der Waals surface area contributed by atoms with E-state index in [0.717, 1.165) is 0 Å². The minimum absolute atomic E-state index is 0.212. The van der Waals surface area contributed by atoms with Crippen LogP contribution in [-0.2, 0) is 0 Å². The second-order valence-corrected chi connectivity index (χ2v) is 4.15. The van der Waals surface area contributed by atoms with E-state index < -0.39 is 0 Å². The number of pyridine rings is 1. The van der Waals surface area contributed by atoms with Crippen molar-refractivity contribution in [3.63, 3.8) is 0 Å². The molecule has 1 aromatic carbocycles. The number of benzene rings is 1. The van der Waals surface area contributed by atoms with Crippen LogP contribution >= 0.6 is 11.6 Å². The standard InChI is InChI=1S/C13H10ClFN2O/c1-8-7-9(5-6-10(8)15)16-13(18)11-3-2-4-12(14)17-11/h2-7H,1H3,(H,16,18). The van der Waals surface area contributed by atoms with E-state index in [4.69, 9.17) is 11.6 Å². The predicted molar refractivity (Wildman–Crippen MR) is 68.3 cm³/mol. The maximum absolute atomic E-state index is 13.1. The minimum atomic E-state index is -0.386. The first kappa shape index (κ1) is 12.5. The number of halogens is 2. The molecule has 18 heavy (non-hydrogen) atoms. The van der Waals surface area contributed by atoms with Crippen LogP contribution in [0.5, 0.6) is 0 Å². The molecule has 0 fully saturated rings. The normalized spacial score (nSPS) is 10.2. The fourth-order valence-corrected chi connectivity index (χ4v) is 1.62. The van der Waals surface area contributed by atoms with Crippen LogP contribution < -0.4 is 5.32 Å². The van der Waals surface area contributed by atoms with Gasteiger partial charge in [0.05, 0.1) is 0 Å². The molecule has 0 spiro atoms. The second kappa shape index (κ2) is 5.14. The van der Waals surface area contributed by atoms with Gasteiger partial charge in [0.15, 0.2) is 0 Å². The lowest BCUT2D eigenvalue weighted by atomic mass is 10.2. The number of nitrogens with one attached hydrogen (secondary N) is 1. The van der Waals surface area contributed by atoms with Crippen molar-refractivity contribution in [2.24, 2.45) is 0 Å². The zero-order valence-corrected chi connectivity index (χ0v) is 10.3. The highest BCUT2D eigenvalue weighted by molar-refractivity contribution is 6.29. The summed E-state index contributed by atoms with van der Waals surface area (Å²) in [6, 6.07) is 9.12. The highest BCUT2D eigenvalue weighted by Crippen LogP contribution is 2.15. The Morgan fingerprint density at radius 2 is 2.11 bits per heavy atom. The largest absolute Gasteiger partial charge is 0.321 e. The highest BCUT2D eigenvalue weighted by Gasteiger charge is 2.08. The molecule has 1 heterocycles. The molecule has 1 aromatic heterocycles. The summed E-state index contributed by atoms with van der Waals surface area (Å²) in [5.74, 6) is -0.697.